The Bertz CT molecular complexity index is 477. The van der Waals surface area contributed by atoms with Crippen molar-refractivity contribution in [3.05, 3.63) is 39.9 Å². The predicted molar refractivity (Wildman–Crippen MR) is 75.2 cm³/mol. The Kier molecular flexibility index (Phi) is 5.21. The Labute approximate surface area is 118 Å². The van der Waals surface area contributed by atoms with Crippen molar-refractivity contribution in [2.24, 2.45) is 0 Å². The van der Waals surface area contributed by atoms with Gasteiger partial charge in [0, 0.05) is 18.7 Å². The quantitative estimate of drug-likeness (QED) is 0.509. The molecule has 1 unspecified atom stereocenters. The summed E-state index contributed by atoms with van der Waals surface area (Å²) >= 11 is 0. The fraction of sp³-hybridized carbons (Fsp3) is 0.500. The van der Waals surface area contributed by atoms with Crippen LogP contribution in [0.2, 0.25) is 0 Å². The zero-order valence-electron chi connectivity index (χ0n) is 12.2. The van der Waals surface area contributed by atoms with Crippen molar-refractivity contribution in [2.45, 2.75) is 45.9 Å². The van der Waals surface area contributed by atoms with Gasteiger partial charge in [0.2, 0.25) is 0 Å². The number of non-ortho nitro benzene ring substituents is 1. The van der Waals surface area contributed by atoms with Gasteiger partial charge in [0.15, 0.2) is 0 Å². The third kappa shape index (κ3) is 5.36. The summed E-state index contributed by atoms with van der Waals surface area (Å²) in [4.78, 5) is 21.8. The largest absolute Gasteiger partial charge is 0.459 e. The van der Waals surface area contributed by atoms with Crippen LogP contribution in [-0.4, -0.2) is 22.5 Å². The third-order valence-electron chi connectivity index (χ3n) is 2.52. The topological polar surface area (TPSA) is 81.5 Å². The second kappa shape index (κ2) is 6.47. The minimum atomic E-state index is -0.514. The molecule has 1 N–H and O–H groups in total. The van der Waals surface area contributed by atoms with Crippen LogP contribution in [0.5, 0.6) is 0 Å². The lowest BCUT2D eigenvalue weighted by Crippen LogP contribution is -2.38. The van der Waals surface area contributed by atoms with Crippen LogP contribution in [0.1, 0.15) is 33.3 Å². The molecule has 6 nitrogen and oxygen atoms in total. The number of esters is 1. The summed E-state index contributed by atoms with van der Waals surface area (Å²) in [5, 5.41) is 13.6. The van der Waals surface area contributed by atoms with E-state index in [1.54, 1.807) is 19.1 Å². The zero-order valence-corrected chi connectivity index (χ0v) is 12.2. The van der Waals surface area contributed by atoms with E-state index in [-0.39, 0.29) is 11.7 Å². The van der Waals surface area contributed by atoms with Crippen molar-refractivity contribution < 1.29 is 14.5 Å². The predicted octanol–water partition coefficient (Wildman–Crippen LogP) is 2.41. The molecular weight excluding hydrogens is 260 g/mol. The number of carbonyl (C=O) groups excluding carboxylic acids is 1. The van der Waals surface area contributed by atoms with E-state index in [2.05, 4.69) is 5.32 Å². The van der Waals surface area contributed by atoms with Gasteiger partial charge in [-0.05, 0) is 33.3 Å². The summed E-state index contributed by atoms with van der Waals surface area (Å²) in [7, 11) is 0. The molecule has 0 aromatic heterocycles. The van der Waals surface area contributed by atoms with Gasteiger partial charge in [-0.1, -0.05) is 12.1 Å². The molecule has 1 aromatic carbocycles. The summed E-state index contributed by atoms with van der Waals surface area (Å²) in [6, 6.07) is 5.76. The average molecular weight is 280 g/mol. The first-order valence-corrected chi connectivity index (χ1v) is 6.38. The van der Waals surface area contributed by atoms with Crippen LogP contribution in [0.3, 0.4) is 0 Å². The minimum Gasteiger partial charge on any atom is -0.459 e. The Morgan fingerprint density at radius 1 is 1.35 bits per heavy atom. The number of benzene rings is 1. The molecule has 0 bridgehead atoms. The number of nitrogens with one attached hydrogen (secondary N) is 1. The van der Waals surface area contributed by atoms with Gasteiger partial charge in [-0.2, -0.15) is 0 Å². The summed E-state index contributed by atoms with van der Waals surface area (Å²) in [6.07, 6.45) is 0. The van der Waals surface area contributed by atoms with Crippen molar-refractivity contribution in [1.29, 1.82) is 0 Å². The highest BCUT2D eigenvalue weighted by Crippen LogP contribution is 2.12. The molecule has 6 heteroatoms. The molecule has 0 amide bonds. The fourth-order valence-corrected chi connectivity index (χ4v) is 1.48. The molecule has 0 spiro atoms. The lowest BCUT2D eigenvalue weighted by molar-refractivity contribution is -0.384. The number of ether oxygens (including phenoxy) is 1. The van der Waals surface area contributed by atoms with Crippen LogP contribution in [0.25, 0.3) is 0 Å². The summed E-state index contributed by atoms with van der Waals surface area (Å²) < 4.78 is 5.25. The monoisotopic (exact) mass is 280 g/mol. The van der Waals surface area contributed by atoms with E-state index in [0.717, 1.165) is 5.56 Å². The molecule has 0 aliphatic carbocycles. The minimum absolute atomic E-state index is 0.0499. The first-order chi connectivity index (χ1) is 9.19. The van der Waals surface area contributed by atoms with Crippen molar-refractivity contribution in [2.75, 3.05) is 0 Å². The summed E-state index contributed by atoms with van der Waals surface area (Å²) in [6.45, 7) is 7.60. The summed E-state index contributed by atoms with van der Waals surface area (Å²) in [5.41, 5.74) is 0.403. The van der Waals surface area contributed by atoms with Crippen LogP contribution in [-0.2, 0) is 16.1 Å². The second-order valence-electron chi connectivity index (χ2n) is 5.56. The van der Waals surface area contributed by atoms with Gasteiger partial charge in [-0.3, -0.25) is 14.9 Å². The molecular formula is C14H20N2O4. The second-order valence-corrected chi connectivity index (χ2v) is 5.56. The van der Waals surface area contributed by atoms with Gasteiger partial charge in [-0.25, -0.2) is 0 Å². The lowest BCUT2D eigenvalue weighted by atomic mass is 10.2. The number of rotatable bonds is 5. The molecule has 0 aliphatic heterocycles. The van der Waals surface area contributed by atoms with E-state index >= 15 is 0 Å². The van der Waals surface area contributed by atoms with Gasteiger partial charge < -0.3 is 10.1 Å². The zero-order chi connectivity index (χ0) is 15.3. The van der Waals surface area contributed by atoms with Crippen LogP contribution < -0.4 is 5.32 Å². The molecule has 110 valence electrons. The van der Waals surface area contributed by atoms with E-state index in [1.165, 1.54) is 12.1 Å². The standard InChI is InChI=1S/C14H20N2O4/c1-10(13(17)20-14(2,3)4)15-9-11-5-7-12(8-6-11)16(18)19/h5-8,10,15H,9H2,1-4H3. The molecule has 20 heavy (non-hydrogen) atoms. The number of nitrogens with zero attached hydrogens (tertiary/aromatic N) is 1. The Morgan fingerprint density at radius 2 is 1.90 bits per heavy atom. The molecule has 0 aliphatic rings. The maximum Gasteiger partial charge on any atom is 0.323 e. The van der Waals surface area contributed by atoms with Crippen LogP contribution in [0, 0.1) is 10.1 Å². The molecule has 0 saturated heterocycles. The fourth-order valence-electron chi connectivity index (χ4n) is 1.48. The first-order valence-electron chi connectivity index (χ1n) is 6.38. The van der Waals surface area contributed by atoms with Gasteiger partial charge in [-0.15, -0.1) is 0 Å². The molecule has 1 atom stereocenters. The van der Waals surface area contributed by atoms with Crippen molar-refractivity contribution in [3.63, 3.8) is 0 Å². The van der Waals surface area contributed by atoms with E-state index in [9.17, 15) is 14.9 Å². The lowest BCUT2D eigenvalue weighted by Gasteiger charge is -2.22. The van der Waals surface area contributed by atoms with Gasteiger partial charge in [0.1, 0.15) is 11.6 Å². The molecule has 1 rings (SSSR count). The number of carbonyl (C=O) groups is 1. The first kappa shape index (κ1) is 16.1. The maximum atomic E-state index is 11.7. The van der Waals surface area contributed by atoms with Gasteiger partial charge >= 0.3 is 5.97 Å². The number of hydrogen-bond donors (Lipinski definition) is 1. The maximum absolute atomic E-state index is 11.7. The van der Waals surface area contributed by atoms with Crippen LogP contribution in [0.15, 0.2) is 24.3 Å². The van der Waals surface area contributed by atoms with Crippen LogP contribution >= 0.6 is 0 Å². The van der Waals surface area contributed by atoms with Gasteiger partial charge in [0.25, 0.3) is 5.69 Å². The smallest absolute Gasteiger partial charge is 0.323 e. The average Bonchev–Trinajstić information content (AvgIpc) is 2.34. The number of hydrogen-bond acceptors (Lipinski definition) is 5. The highest BCUT2D eigenvalue weighted by atomic mass is 16.6. The van der Waals surface area contributed by atoms with Gasteiger partial charge in [0.05, 0.1) is 4.92 Å². The van der Waals surface area contributed by atoms with E-state index < -0.39 is 16.6 Å². The number of nitro groups is 1. The SMILES string of the molecule is CC(NCc1ccc([N+](=O)[O-])cc1)C(=O)OC(C)(C)C. The van der Waals surface area contributed by atoms with Crippen molar-refractivity contribution in [1.82, 2.24) is 5.32 Å². The Hall–Kier alpha value is -1.95. The third-order valence-corrected chi connectivity index (χ3v) is 2.52. The van der Waals surface area contributed by atoms with Crippen molar-refractivity contribution >= 4 is 11.7 Å². The van der Waals surface area contributed by atoms with Crippen molar-refractivity contribution in [3.8, 4) is 0 Å². The normalized spacial score (nSPS) is 12.8. The molecule has 0 fully saturated rings. The summed E-state index contributed by atoms with van der Waals surface area (Å²) in [5.74, 6) is -0.320. The molecule has 1 aromatic rings. The Morgan fingerprint density at radius 3 is 2.35 bits per heavy atom. The number of nitro benzene ring substituents is 1. The van der Waals surface area contributed by atoms with E-state index in [4.69, 9.17) is 4.74 Å². The van der Waals surface area contributed by atoms with Crippen LogP contribution in [0.4, 0.5) is 5.69 Å². The molecule has 0 heterocycles. The Balaban J connectivity index is 2.50. The van der Waals surface area contributed by atoms with E-state index in [1.807, 2.05) is 20.8 Å². The highest BCUT2D eigenvalue weighted by Gasteiger charge is 2.21. The molecule has 0 radical (unpaired) electrons. The van der Waals surface area contributed by atoms with E-state index in [0.29, 0.717) is 6.54 Å². The molecule has 0 saturated carbocycles. The highest BCUT2D eigenvalue weighted by molar-refractivity contribution is 5.75.